The van der Waals surface area contributed by atoms with Crippen LogP contribution in [0.25, 0.3) is 22.2 Å². The van der Waals surface area contributed by atoms with Crippen molar-refractivity contribution in [2.24, 2.45) is 5.41 Å². The van der Waals surface area contributed by atoms with Crippen LogP contribution in [0.5, 0.6) is 5.75 Å². The van der Waals surface area contributed by atoms with E-state index in [2.05, 4.69) is 38.1 Å². The molecule has 2 aliphatic carbocycles. The minimum Gasteiger partial charge on any atom is -0.497 e. The van der Waals surface area contributed by atoms with Gasteiger partial charge in [-0.25, -0.2) is 13.1 Å². The molecule has 5 aliphatic rings. The van der Waals surface area contributed by atoms with Crippen LogP contribution in [-0.4, -0.2) is 79.7 Å². The molecule has 1 aromatic heterocycles. The summed E-state index contributed by atoms with van der Waals surface area (Å²) in [5, 5.41) is 1.09. The quantitative estimate of drug-likeness (QED) is 0.418. The molecule has 4 atom stereocenters. The zero-order valence-electron chi connectivity index (χ0n) is 26.3. The first-order chi connectivity index (χ1) is 21.6. The summed E-state index contributed by atoms with van der Waals surface area (Å²) in [4.78, 5) is 32.5. The summed E-state index contributed by atoms with van der Waals surface area (Å²) < 4.78 is 34.1. The highest BCUT2D eigenvalue weighted by molar-refractivity contribution is 7.89. The van der Waals surface area contributed by atoms with E-state index in [1.54, 1.807) is 13.2 Å². The summed E-state index contributed by atoms with van der Waals surface area (Å²) in [5.74, 6) is 0.867. The third-order valence-electron chi connectivity index (χ3n) is 11.5. The predicted molar refractivity (Wildman–Crippen MR) is 173 cm³/mol. The summed E-state index contributed by atoms with van der Waals surface area (Å²) in [6.45, 7) is 5.49. The van der Waals surface area contributed by atoms with E-state index in [1.165, 1.54) is 30.4 Å². The first-order valence-corrected chi connectivity index (χ1v) is 18.4. The lowest BCUT2D eigenvalue weighted by molar-refractivity contribution is -0.140. The average Bonchev–Trinajstić information content (AvgIpc) is 3.27. The number of aromatic nitrogens is 1. The van der Waals surface area contributed by atoms with Gasteiger partial charge in [-0.2, -0.15) is 0 Å². The number of piperazine rings is 1. The Balaban J connectivity index is 1.32. The maximum absolute atomic E-state index is 14.8. The number of carbonyl (C=O) groups excluding carboxylic acids is 2. The van der Waals surface area contributed by atoms with E-state index in [0.29, 0.717) is 24.1 Å². The molecule has 2 amide bonds. The molecule has 0 radical (unpaired) electrons. The van der Waals surface area contributed by atoms with E-state index >= 15 is 0 Å². The number of amides is 2. The lowest BCUT2D eigenvalue weighted by Gasteiger charge is -2.36. The number of hydrogen-bond acceptors (Lipinski definition) is 6. The largest absolute Gasteiger partial charge is 0.497 e. The summed E-state index contributed by atoms with van der Waals surface area (Å²) >= 11 is 0. The highest BCUT2D eigenvalue weighted by Crippen LogP contribution is 2.66. The van der Waals surface area contributed by atoms with Crippen molar-refractivity contribution in [1.82, 2.24) is 19.1 Å². The van der Waals surface area contributed by atoms with Crippen LogP contribution in [0.15, 0.2) is 36.4 Å². The minimum atomic E-state index is -3.72. The Hall–Kier alpha value is -3.37. The molecule has 238 valence electrons. The third-order valence-corrected chi connectivity index (χ3v) is 12.1. The second-order valence-corrected chi connectivity index (χ2v) is 15.8. The Morgan fingerprint density at radius 1 is 1.04 bits per heavy atom. The van der Waals surface area contributed by atoms with E-state index in [1.807, 2.05) is 18.2 Å². The van der Waals surface area contributed by atoms with Gasteiger partial charge in [-0.05, 0) is 79.6 Å². The van der Waals surface area contributed by atoms with E-state index in [-0.39, 0.29) is 17.9 Å². The SMILES string of the molecule is CCN1C[C@@H]2C[C@H]1CN2C(=O)C12CC1c1cc(OC)ccc1-c1c(C3CCCCC3)c3ccc(C(=O)NS(C)(=O)=O)cc3n1C2. The molecule has 2 saturated carbocycles. The monoisotopic (exact) mass is 630 g/mol. The van der Waals surface area contributed by atoms with E-state index < -0.39 is 21.3 Å². The van der Waals surface area contributed by atoms with Gasteiger partial charge in [0.2, 0.25) is 15.9 Å². The minimum absolute atomic E-state index is 0.0855. The van der Waals surface area contributed by atoms with Crippen molar-refractivity contribution in [3.63, 3.8) is 0 Å². The van der Waals surface area contributed by atoms with Crippen molar-refractivity contribution in [1.29, 1.82) is 0 Å². The second kappa shape index (κ2) is 10.3. The Morgan fingerprint density at radius 2 is 1.84 bits per heavy atom. The van der Waals surface area contributed by atoms with Gasteiger partial charge < -0.3 is 14.2 Å². The van der Waals surface area contributed by atoms with Crippen molar-refractivity contribution >= 4 is 32.7 Å². The number of methoxy groups -OCH3 is 1. The van der Waals surface area contributed by atoms with Crippen LogP contribution in [0.2, 0.25) is 0 Å². The predicted octanol–water partition coefficient (Wildman–Crippen LogP) is 4.85. The van der Waals surface area contributed by atoms with E-state index in [4.69, 9.17) is 4.74 Å². The lowest BCUT2D eigenvalue weighted by atomic mass is 9.81. The molecule has 4 heterocycles. The van der Waals surface area contributed by atoms with Crippen LogP contribution in [-0.2, 0) is 21.4 Å². The number of benzene rings is 2. The highest BCUT2D eigenvalue weighted by atomic mass is 32.2. The first-order valence-electron chi connectivity index (χ1n) is 16.5. The van der Waals surface area contributed by atoms with Gasteiger partial charge >= 0.3 is 0 Å². The standard InChI is InChI=1S/C35H42N4O5S/c1-4-37-18-24-15-23(37)19-38(24)34(41)35-17-29(35)28-16-25(44-2)11-13-26(28)32-31(21-8-6-5-7-9-21)27-12-10-22(14-30(27)39(32)20-35)33(40)36-45(3,42)43/h10-14,16,21,23-24,29H,4-9,15,17-20H2,1-3H3,(H,36,40)/t23-,24-,29?,35?/m0/s1. The Labute approximate surface area is 264 Å². The molecule has 2 bridgehead atoms. The number of likely N-dealkylation sites (tertiary alicyclic amines) is 2. The van der Waals surface area contributed by atoms with Crippen LogP contribution >= 0.6 is 0 Å². The van der Waals surface area contributed by atoms with Gasteiger partial charge in [0, 0.05) is 59.7 Å². The number of nitrogens with zero attached hydrogens (tertiary/aromatic N) is 3. The molecule has 1 N–H and O–H groups in total. The van der Waals surface area contributed by atoms with E-state index in [0.717, 1.165) is 79.5 Å². The fourth-order valence-electron chi connectivity index (χ4n) is 9.32. The topological polar surface area (TPSA) is 101 Å². The van der Waals surface area contributed by atoms with Crippen LogP contribution < -0.4 is 9.46 Å². The summed E-state index contributed by atoms with van der Waals surface area (Å²) in [7, 11) is -2.03. The zero-order valence-corrected chi connectivity index (χ0v) is 27.2. The van der Waals surface area contributed by atoms with Gasteiger partial charge in [0.1, 0.15) is 5.75 Å². The van der Waals surface area contributed by atoms with Gasteiger partial charge in [0.15, 0.2) is 0 Å². The number of fused-ring (bicyclic) bond motifs is 9. The third kappa shape index (κ3) is 4.53. The molecular formula is C35H42N4O5S. The van der Waals surface area contributed by atoms with Crippen molar-refractivity contribution < 1.29 is 22.7 Å². The summed E-state index contributed by atoms with van der Waals surface area (Å²) in [6, 6.07) is 12.6. The molecule has 4 fully saturated rings. The van der Waals surface area contributed by atoms with Crippen LogP contribution in [0.4, 0.5) is 0 Å². The van der Waals surface area contributed by atoms with Crippen LogP contribution in [0.3, 0.4) is 0 Å². The van der Waals surface area contributed by atoms with Crippen molar-refractivity contribution in [3.8, 4) is 17.0 Å². The number of ether oxygens (including phenoxy) is 1. The lowest BCUT2D eigenvalue weighted by Crippen LogP contribution is -2.51. The number of hydrogen-bond donors (Lipinski definition) is 1. The summed E-state index contributed by atoms with van der Waals surface area (Å²) in [5.41, 5.74) is 5.39. The Bertz CT molecular complexity index is 1840. The number of nitrogens with one attached hydrogen (secondary N) is 1. The van der Waals surface area contributed by atoms with Crippen molar-refractivity contribution in [3.05, 3.63) is 53.1 Å². The van der Waals surface area contributed by atoms with Crippen molar-refractivity contribution in [2.45, 2.75) is 82.3 Å². The molecular weight excluding hydrogens is 588 g/mol. The van der Waals surface area contributed by atoms with Crippen LogP contribution in [0, 0.1) is 5.41 Å². The van der Waals surface area contributed by atoms with Gasteiger partial charge in [-0.15, -0.1) is 0 Å². The zero-order chi connectivity index (χ0) is 31.2. The molecule has 2 saturated heterocycles. The van der Waals surface area contributed by atoms with E-state index in [9.17, 15) is 18.0 Å². The highest BCUT2D eigenvalue weighted by Gasteiger charge is 2.65. The summed E-state index contributed by atoms with van der Waals surface area (Å²) in [6.07, 6.45) is 8.62. The van der Waals surface area contributed by atoms with Crippen LogP contribution in [0.1, 0.15) is 85.2 Å². The smallest absolute Gasteiger partial charge is 0.264 e. The fraction of sp³-hybridized carbons (Fsp3) is 0.543. The fourth-order valence-corrected chi connectivity index (χ4v) is 9.78. The number of rotatable bonds is 6. The molecule has 2 aromatic carbocycles. The molecule has 2 unspecified atom stereocenters. The van der Waals surface area contributed by atoms with Gasteiger partial charge in [-0.1, -0.05) is 32.3 Å². The maximum atomic E-state index is 14.8. The normalized spacial score (nSPS) is 27.5. The number of likely N-dealkylation sites (N-methyl/N-ethyl adjacent to an activating group) is 1. The number of sulfonamides is 1. The maximum Gasteiger partial charge on any atom is 0.264 e. The van der Waals surface area contributed by atoms with Gasteiger partial charge in [-0.3, -0.25) is 14.5 Å². The molecule has 45 heavy (non-hydrogen) atoms. The second-order valence-electron chi connectivity index (χ2n) is 14.1. The van der Waals surface area contributed by atoms with Crippen molar-refractivity contribution in [2.75, 3.05) is 33.0 Å². The molecule has 9 nitrogen and oxygen atoms in total. The first kappa shape index (κ1) is 29.1. The van der Waals surface area contributed by atoms with Gasteiger partial charge in [0.25, 0.3) is 5.91 Å². The number of carbonyl (C=O) groups is 2. The molecule has 10 heteroatoms. The Kier molecular flexibility index (Phi) is 6.66. The molecule has 0 spiro atoms. The molecule has 8 rings (SSSR count). The molecule has 3 aromatic rings. The molecule has 3 aliphatic heterocycles. The van der Waals surface area contributed by atoms with Gasteiger partial charge in [0.05, 0.1) is 24.5 Å². The average molecular weight is 631 g/mol. The Morgan fingerprint density at radius 3 is 2.53 bits per heavy atom.